The molecule has 1 heteroatoms. The van der Waals surface area contributed by atoms with Gasteiger partial charge in [0, 0.05) is 12.3 Å². The molecular weight excluding hydrogens is 136 g/mol. The van der Waals surface area contributed by atoms with E-state index in [1.54, 1.807) is 0 Å². The number of rotatable bonds is 4. The van der Waals surface area contributed by atoms with Gasteiger partial charge in [0.2, 0.25) is 0 Å². The lowest BCUT2D eigenvalue weighted by Gasteiger charge is -2.05. The van der Waals surface area contributed by atoms with Gasteiger partial charge in [-0.05, 0) is 19.3 Å². The summed E-state index contributed by atoms with van der Waals surface area (Å²) >= 11 is 0. The summed E-state index contributed by atoms with van der Waals surface area (Å²) in [6.07, 6.45) is 8.15. The smallest absolute Gasteiger partial charge is 0.135 e. The van der Waals surface area contributed by atoms with Crippen LogP contribution in [-0.4, -0.2) is 5.78 Å². The van der Waals surface area contributed by atoms with Crippen molar-refractivity contribution >= 4 is 5.78 Å². The van der Waals surface area contributed by atoms with Crippen molar-refractivity contribution in [3.05, 3.63) is 0 Å². The van der Waals surface area contributed by atoms with Crippen molar-refractivity contribution in [2.45, 2.75) is 51.9 Å². The maximum Gasteiger partial charge on any atom is 0.135 e. The second-order valence-corrected chi connectivity index (χ2v) is 3.55. The Hall–Kier alpha value is -0.330. The molecule has 1 fully saturated rings. The van der Waals surface area contributed by atoms with Crippen LogP contribution in [0.3, 0.4) is 0 Å². The lowest BCUT2D eigenvalue weighted by molar-refractivity contribution is -0.120. The molecule has 0 amide bonds. The first kappa shape index (κ1) is 8.76. The molecule has 0 aliphatic heterocycles. The average molecular weight is 154 g/mol. The molecule has 0 radical (unpaired) electrons. The number of hydrogen-bond acceptors (Lipinski definition) is 1. The molecule has 0 saturated heterocycles. The zero-order valence-corrected chi connectivity index (χ0v) is 7.44. The number of unbranched alkanes of at least 4 members (excludes halogenated alkanes) is 2. The lowest BCUT2D eigenvalue weighted by Crippen LogP contribution is -2.05. The molecule has 64 valence electrons. The van der Waals surface area contributed by atoms with Gasteiger partial charge in [0.25, 0.3) is 0 Å². The second-order valence-electron chi connectivity index (χ2n) is 3.55. The van der Waals surface area contributed by atoms with Crippen LogP contribution in [-0.2, 0) is 4.79 Å². The molecule has 0 aromatic heterocycles. The Kier molecular flexibility index (Phi) is 3.61. The third-order valence-corrected chi connectivity index (χ3v) is 2.59. The van der Waals surface area contributed by atoms with Crippen LogP contribution in [0.15, 0.2) is 0 Å². The van der Waals surface area contributed by atoms with E-state index in [9.17, 15) is 4.79 Å². The number of carbonyl (C=O) groups excluding carboxylic acids is 1. The average Bonchev–Trinajstić information content (AvgIpc) is 2.37. The van der Waals surface area contributed by atoms with Gasteiger partial charge in [0.1, 0.15) is 5.78 Å². The first-order valence-electron chi connectivity index (χ1n) is 4.87. The van der Waals surface area contributed by atoms with Gasteiger partial charge in [-0.2, -0.15) is 0 Å². The summed E-state index contributed by atoms with van der Waals surface area (Å²) in [6.45, 7) is 2.20. The van der Waals surface area contributed by atoms with Crippen molar-refractivity contribution in [1.82, 2.24) is 0 Å². The van der Waals surface area contributed by atoms with Crippen LogP contribution in [0.2, 0.25) is 0 Å². The number of Topliss-reactive ketones (excluding diaryl/α,β-unsaturated/α-hetero) is 1. The largest absolute Gasteiger partial charge is 0.299 e. The van der Waals surface area contributed by atoms with E-state index in [1.807, 2.05) is 0 Å². The molecule has 0 aromatic carbocycles. The van der Waals surface area contributed by atoms with Crippen molar-refractivity contribution in [3.63, 3.8) is 0 Å². The van der Waals surface area contributed by atoms with Gasteiger partial charge < -0.3 is 0 Å². The normalized spacial score (nSPS) is 24.5. The molecule has 1 rings (SSSR count). The SMILES string of the molecule is CCCCC[C@@H]1CCCC1=O. The molecule has 1 aliphatic carbocycles. The molecule has 0 unspecified atom stereocenters. The summed E-state index contributed by atoms with van der Waals surface area (Å²) in [5.74, 6) is 0.975. The van der Waals surface area contributed by atoms with Gasteiger partial charge in [0.15, 0.2) is 0 Å². The highest BCUT2D eigenvalue weighted by atomic mass is 16.1. The second kappa shape index (κ2) is 4.53. The molecule has 0 heterocycles. The first-order chi connectivity index (χ1) is 5.34. The van der Waals surface area contributed by atoms with Crippen LogP contribution in [0.5, 0.6) is 0 Å². The molecule has 0 N–H and O–H groups in total. The Bertz CT molecular complexity index is 129. The summed E-state index contributed by atoms with van der Waals surface area (Å²) in [6, 6.07) is 0. The summed E-state index contributed by atoms with van der Waals surface area (Å²) in [4.78, 5) is 11.2. The van der Waals surface area contributed by atoms with E-state index in [1.165, 1.54) is 25.7 Å². The minimum Gasteiger partial charge on any atom is -0.299 e. The van der Waals surface area contributed by atoms with Crippen LogP contribution in [0, 0.1) is 5.92 Å². The zero-order chi connectivity index (χ0) is 8.10. The molecule has 0 bridgehead atoms. The Labute approximate surface area is 69.2 Å². The monoisotopic (exact) mass is 154 g/mol. The summed E-state index contributed by atoms with van der Waals surface area (Å²) in [7, 11) is 0. The van der Waals surface area contributed by atoms with Crippen molar-refractivity contribution < 1.29 is 4.79 Å². The van der Waals surface area contributed by atoms with E-state index < -0.39 is 0 Å². The van der Waals surface area contributed by atoms with Crippen LogP contribution < -0.4 is 0 Å². The molecule has 0 aromatic rings. The van der Waals surface area contributed by atoms with Crippen molar-refractivity contribution in [2.24, 2.45) is 5.92 Å². The highest BCUT2D eigenvalue weighted by Gasteiger charge is 2.22. The predicted molar refractivity (Wildman–Crippen MR) is 46.5 cm³/mol. The summed E-state index contributed by atoms with van der Waals surface area (Å²) < 4.78 is 0. The minimum absolute atomic E-state index is 0.446. The third kappa shape index (κ3) is 2.64. The summed E-state index contributed by atoms with van der Waals surface area (Å²) in [5, 5.41) is 0. The van der Waals surface area contributed by atoms with Gasteiger partial charge in [0.05, 0.1) is 0 Å². The Morgan fingerprint density at radius 1 is 1.45 bits per heavy atom. The standard InChI is InChI=1S/C10H18O/c1-2-3-4-6-9-7-5-8-10(9)11/h9H,2-8H2,1H3/t9-/m1/s1. The van der Waals surface area contributed by atoms with E-state index in [4.69, 9.17) is 0 Å². The van der Waals surface area contributed by atoms with Crippen molar-refractivity contribution in [2.75, 3.05) is 0 Å². The third-order valence-electron chi connectivity index (χ3n) is 2.59. The van der Waals surface area contributed by atoms with E-state index >= 15 is 0 Å². The molecule has 1 nitrogen and oxygen atoms in total. The molecular formula is C10H18O. The minimum atomic E-state index is 0.446. The maximum absolute atomic E-state index is 11.2. The fourth-order valence-electron chi connectivity index (χ4n) is 1.83. The molecule has 0 spiro atoms. The van der Waals surface area contributed by atoms with Crippen molar-refractivity contribution in [3.8, 4) is 0 Å². The molecule has 1 aliphatic rings. The van der Waals surface area contributed by atoms with E-state index in [0.717, 1.165) is 19.3 Å². The molecule has 1 saturated carbocycles. The van der Waals surface area contributed by atoms with Crippen LogP contribution in [0.4, 0.5) is 0 Å². The van der Waals surface area contributed by atoms with Crippen LogP contribution in [0.25, 0.3) is 0 Å². The van der Waals surface area contributed by atoms with Crippen LogP contribution in [0.1, 0.15) is 51.9 Å². The van der Waals surface area contributed by atoms with Gasteiger partial charge in [-0.3, -0.25) is 4.79 Å². The fourth-order valence-corrected chi connectivity index (χ4v) is 1.83. The number of carbonyl (C=O) groups is 1. The maximum atomic E-state index is 11.2. The van der Waals surface area contributed by atoms with E-state index in [0.29, 0.717) is 11.7 Å². The Morgan fingerprint density at radius 3 is 2.82 bits per heavy atom. The lowest BCUT2D eigenvalue weighted by atomic mass is 9.99. The van der Waals surface area contributed by atoms with Gasteiger partial charge in [-0.15, -0.1) is 0 Å². The summed E-state index contributed by atoms with van der Waals surface area (Å²) in [5.41, 5.74) is 0. The van der Waals surface area contributed by atoms with Gasteiger partial charge in [-0.25, -0.2) is 0 Å². The predicted octanol–water partition coefficient (Wildman–Crippen LogP) is 2.94. The topological polar surface area (TPSA) is 17.1 Å². The van der Waals surface area contributed by atoms with E-state index in [-0.39, 0.29) is 0 Å². The number of hydrogen-bond donors (Lipinski definition) is 0. The van der Waals surface area contributed by atoms with Gasteiger partial charge >= 0.3 is 0 Å². The van der Waals surface area contributed by atoms with Crippen LogP contribution >= 0.6 is 0 Å². The van der Waals surface area contributed by atoms with Crippen molar-refractivity contribution in [1.29, 1.82) is 0 Å². The fraction of sp³-hybridized carbons (Fsp3) is 0.900. The molecule has 1 atom stereocenters. The zero-order valence-electron chi connectivity index (χ0n) is 7.44. The number of ketones is 1. The highest BCUT2D eigenvalue weighted by Crippen LogP contribution is 2.25. The van der Waals surface area contributed by atoms with Gasteiger partial charge in [-0.1, -0.05) is 26.2 Å². The Balaban J connectivity index is 2.10. The first-order valence-corrected chi connectivity index (χ1v) is 4.87. The highest BCUT2D eigenvalue weighted by molar-refractivity contribution is 5.82. The quantitative estimate of drug-likeness (QED) is 0.569. The Morgan fingerprint density at radius 2 is 2.27 bits per heavy atom. The van der Waals surface area contributed by atoms with E-state index in [2.05, 4.69) is 6.92 Å². The molecule has 11 heavy (non-hydrogen) atoms.